The summed E-state index contributed by atoms with van der Waals surface area (Å²) in [6, 6.07) is 14.1. The molecule has 0 spiro atoms. The van der Waals surface area contributed by atoms with E-state index in [1.54, 1.807) is 11.3 Å². The quantitative estimate of drug-likeness (QED) is 0.614. The fourth-order valence-corrected chi connectivity index (χ4v) is 4.86. The number of fused-ring (bicyclic) bond motifs is 1. The number of para-hydroxylation sites is 1. The maximum atomic E-state index is 12.9. The SMILES string of the molecule is CCOc1ccc2nc(N3CCC[C@H](C(=O)Nc4ccccc4CC)C3)sc2c1. The number of nitrogens with zero attached hydrogens (tertiary/aromatic N) is 2. The standard InChI is InChI=1S/C23H27N3O2S/c1-3-16-8-5-6-10-19(16)24-22(27)17-9-7-13-26(15-17)23-25-20-12-11-18(28-4-2)14-21(20)29-23/h5-6,8,10-12,14,17H,3-4,7,9,13,15H2,1-2H3,(H,24,27)/t17-/m0/s1. The van der Waals surface area contributed by atoms with Crippen LogP contribution in [-0.2, 0) is 11.2 Å². The predicted octanol–water partition coefficient (Wildman–Crippen LogP) is 5.11. The van der Waals surface area contributed by atoms with Crippen LogP contribution in [0.3, 0.4) is 0 Å². The number of carbonyl (C=O) groups excluding carboxylic acids is 1. The molecule has 0 radical (unpaired) electrons. The van der Waals surface area contributed by atoms with E-state index in [1.165, 1.54) is 5.56 Å². The van der Waals surface area contributed by atoms with Gasteiger partial charge >= 0.3 is 0 Å². The van der Waals surface area contributed by atoms with Gasteiger partial charge in [0.05, 0.1) is 22.7 Å². The topological polar surface area (TPSA) is 54.5 Å². The average Bonchev–Trinajstić information content (AvgIpc) is 3.18. The Labute approximate surface area is 175 Å². The molecule has 6 heteroatoms. The van der Waals surface area contributed by atoms with E-state index in [0.29, 0.717) is 13.2 Å². The Balaban J connectivity index is 1.47. The summed E-state index contributed by atoms with van der Waals surface area (Å²) in [4.78, 5) is 20.0. The molecule has 2 aromatic carbocycles. The van der Waals surface area contributed by atoms with Crippen molar-refractivity contribution in [1.82, 2.24) is 4.98 Å². The minimum absolute atomic E-state index is 0.0281. The number of aromatic nitrogens is 1. The summed E-state index contributed by atoms with van der Waals surface area (Å²) < 4.78 is 6.72. The Kier molecular flexibility index (Phi) is 6.00. The highest BCUT2D eigenvalue weighted by Crippen LogP contribution is 2.34. The number of aryl methyl sites for hydroxylation is 1. The molecule has 3 aromatic rings. The number of ether oxygens (including phenoxy) is 1. The monoisotopic (exact) mass is 409 g/mol. The molecule has 0 saturated carbocycles. The number of rotatable bonds is 6. The smallest absolute Gasteiger partial charge is 0.229 e. The molecule has 2 heterocycles. The van der Waals surface area contributed by atoms with Gasteiger partial charge in [-0.2, -0.15) is 0 Å². The molecule has 152 valence electrons. The number of nitrogens with one attached hydrogen (secondary N) is 1. The highest BCUT2D eigenvalue weighted by atomic mass is 32.1. The molecule has 0 aliphatic carbocycles. The minimum Gasteiger partial charge on any atom is -0.494 e. The number of piperidine rings is 1. The Hall–Kier alpha value is -2.60. The Morgan fingerprint density at radius 1 is 1.28 bits per heavy atom. The van der Waals surface area contributed by atoms with E-state index in [9.17, 15) is 4.79 Å². The fourth-order valence-electron chi connectivity index (χ4n) is 3.83. The minimum atomic E-state index is -0.0281. The second-order valence-corrected chi connectivity index (χ2v) is 8.35. The van der Waals surface area contributed by atoms with Crippen LogP contribution in [0.1, 0.15) is 32.3 Å². The third-order valence-corrected chi connectivity index (χ3v) is 6.46. The van der Waals surface area contributed by atoms with Crippen LogP contribution in [0.5, 0.6) is 5.75 Å². The van der Waals surface area contributed by atoms with Crippen molar-refractivity contribution in [3.8, 4) is 5.75 Å². The number of hydrogen-bond acceptors (Lipinski definition) is 5. The van der Waals surface area contributed by atoms with Gasteiger partial charge in [-0.05, 0) is 56.0 Å². The van der Waals surface area contributed by atoms with Gasteiger partial charge in [0.1, 0.15) is 5.75 Å². The lowest BCUT2D eigenvalue weighted by atomic mass is 9.97. The third kappa shape index (κ3) is 4.37. The van der Waals surface area contributed by atoms with Crippen molar-refractivity contribution < 1.29 is 9.53 Å². The van der Waals surface area contributed by atoms with Gasteiger partial charge in [-0.15, -0.1) is 0 Å². The second-order valence-electron chi connectivity index (χ2n) is 7.34. The number of hydrogen-bond donors (Lipinski definition) is 1. The maximum absolute atomic E-state index is 12.9. The van der Waals surface area contributed by atoms with Gasteiger partial charge in [-0.3, -0.25) is 4.79 Å². The first-order valence-electron chi connectivity index (χ1n) is 10.3. The Morgan fingerprint density at radius 2 is 2.14 bits per heavy atom. The van der Waals surface area contributed by atoms with Gasteiger partial charge < -0.3 is 15.0 Å². The summed E-state index contributed by atoms with van der Waals surface area (Å²) in [7, 11) is 0. The van der Waals surface area contributed by atoms with E-state index in [4.69, 9.17) is 9.72 Å². The van der Waals surface area contributed by atoms with E-state index in [1.807, 2.05) is 37.3 Å². The van der Waals surface area contributed by atoms with Gasteiger partial charge in [-0.25, -0.2) is 4.98 Å². The number of thiazole rings is 1. The first-order chi connectivity index (χ1) is 14.2. The van der Waals surface area contributed by atoms with Crippen molar-refractivity contribution in [2.24, 2.45) is 5.92 Å². The molecule has 0 bridgehead atoms. The molecule has 1 amide bonds. The van der Waals surface area contributed by atoms with Gasteiger partial charge in [0.15, 0.2) is 5.13 Å². The Bertz CT molecular complexity index is 1000. The zero-order valence-electron chi connectivity index (χ0n) is 17.0. The summed E-state index contributed by atoms with van der Waals surface area (Å²) in [6.45, 7) is 6.39. The van der Waals surface area contributed by atoms with Crippen LogP contribution in [0.15, 0.2) is 42.5 Å². The molecule has 1 aliphatic rings. The second kappa shape index (κ2) is 8.82. The number of anilines is 2. The van der Waals surface area contributed by atoms with Crippen molar-refractivity contribution in [3.63, 3.8) is 0 Å². The van der Waals surface area contributed by atoms with Crippen LogP contribution in [0.4, 0.5) is 10.8 Å². The zero-order chi connectivity index (χ0) is 20.2. The van der Waals surface area contributed by atoms with Crippen LogP contribution in [0.2, 0.25) is 0 Å². The van der Waals surface area contributed by atoms with E-state index in [0.717, 1.165) is 52.6 Å². The van der Waals surface area contributed by atoms with Gasteiger partial charge in [0, 0.05) is 18.8 Å². The summed E-state index contributed by atoms with van der Waals surface area (Å²) >= 11 is 1.67. The average molecular weight is 410 g/mol. The molecule has 1 aliphatic heterocycles. The van der Waals surface area contributed by atoms with Gasteiger partial charge in [0.2, 0.25) is 5.91 Å². The third-order valence-electron chi connectivity index (χ3n) is 5.38. The van der Waals surface area contributed by atoms with Gasteiger partial charge in [-0.1, -0.05) is 36.5 Å². The Morgan fingerprint density at radius 3 is 2.97 bits per heavy atom. The normalized spacial score (nSPS) is 16.8. The van der Waals surface area contributed by atoms with Crippen LogP contribution < -0.4 is 15.0 Å². The highest BCUT2D eigenvalue weighted by Gasteiger charge is 2.28. The van der Waals surface area contributed by atoms with Crippen LogP contribution in [0, 0.1) is 5.92 Å². The molecule has 0 unspecified atom stereocenters. The van der Waals surface area contributed by atoms with Crippen molar-refractivity contribution in [2.45, 2.75) is 33.1 Å². The summed E-state index contributed by atoms with van der Waals surface area (Å²) in [5, 5.41) is 4.14. The fraction of sp³-hybridized carbons (Fsp3) is 0.391. The van der Waals surface area contributed by atoms with Crippen molar-refractivity contribution in [2.75, 3.05) is 29.9 Å². The summed E-state index contributed by atoms with van der Waals surface area (Å²) in [5.41, 5.74) is 3.09. The molecule has 1 aromatic heterocycles. The summed E-state index contributed by atoms with van der Waals surface area (Å²) in [6.07, 6.45) is 2.81. The lowest BCUT2D eigenvalue weighted by Gasteiger charge is -2.31. The molecular weight excluding hydrogens is 382 g/mol. The predicted molar refractivity (Wildman–Crippen MR) is 120 cm³/mol. The molecular formula is C23H27N3O2S. The molecule has 29 heavy (non-hydrogen) atoms. The number of amides is 1. The van der Waals surface area contributed by atoms with Crippen LogP contribution in [-0.4, -0.2) is 30.6 Å². The molecule has 1 saturated heterocycles. The largest absolute Gasteiger partial charge is 0.494 e. The molecule has 1 atom stereocenters. The van der Waals surface area contributed by atoms with E-state index >= 15 is 0 Å². The van der Waals surface area contributed by atoms with E-state index in [2.05, 4.69) is 29.3 Å². The van der Waals surface area contributed by atoms with Gasteiger partial charge in [0.25, 0.3) is 0 Å². The first kappa shape index (κ1) is 19.7. The number of carbonyl (C=O) groups is 1. The van der Waals surface area contributed by atoms with Crippen molar-refractivity contribution >= 4 is 38.3 Å². The molecule has 5 nitrogen and oxygen atoms in total. The number of benzene rings is 2. The highest BCUT2D eigenvalue weighted by molar-refractivity contribution is 7.22. The van der Waals surface area contributed by atoms with E-state index < -0.39 is 0 Å². The van der Waals surface area contributed by atoms with E-state index in [-0.39, 0.29) is 11.8 Å². The molecule has 1 fully saturated rings. The lowest BCUT2D eigenvalue weighted by Crippen LogP contribution is -2.40. The molecule has 4 rings (SSSR count). The van der Waals surface area contributed by atoms with Crippen molar-refractivity contribution in [3.05, 3.63) is 48.0 Å². The van der Waals surface area contributed by atoms with Crippen LogP contribution >= 0.6 is 11.3 Å². The zero-order valence-corrected chi connectivity index (χ0v) is 17.8. The maximum Gasteiger partial charge on any atom is 0.229 e. The molecule has 1 N–H and O–H groups in total. The van der Waals surface area contributed by atoms with Crippen molar-refractivity contribution in [1.29, 1.82) is 0 Å². The lowest BCUT2D eigenvalue weighted by molar-refractivity contribution is -0.120. The van der Waals surface area contributed by atoms with Crippen LogP contribution in [0.25, 0.3) is 10.2 Å². The first-order valence-corrected chi connectivity index (χ1v) is 11.2. The summed E-state index contributed by atoms with van der Waals surface area (Å²) in [5.74, 6) is 0.954.